The second kappa shape index (κ2) is 8.53. The number of ether oxygens (including phenoxy) is 1. The lowest BCUT2D eigenvalue weighted by Crippen LogP contribution is -2.28. The predicted molar refractivity (Wildman–Crippen MR) is 94.0 cm³/mol. The Balaban J connectivity index is 1.72. The number of aliphatic hydroxyl groups excluding tert-OH is 1. The van der Waals surface area contributed by atoms with Crippen molar-refractivity contribution in [3.63, 3.8) is 0 Å². The first-order valence-corrected chi connectivity index (χ1v) is 9.08. The van der Waals surface area contributed by atoms with Crippen molar-refractivity contribution in [3.8, 4) is 0 Å². The van der Waals surface area contributed by atoms with Crippen LogP contribution in [0.25, 0.3) is 0 Å². The highest BCUT2D eigenvalue weighted by Gasteiger charge is 2.32. The van der Waals surface area contributed by atoms with Crippen molar-refractivity contribution in [3.05, 3.63) is 70.7 Å². The van der Waals surface area contributed by atoms with Crippen molar-refractivity contribution >= 4 is 17.3 Å². The van der Waals surface area contributed by atoms with E-state index in [2.05, 4.69) is 9.97 Å². The molecule has 0 saturated heterocycles. The third kappa shape index (κ3) is 4.96. The van der Waals surface area contributed by atoms with E-state index in [1.807, 2.05) is 0 Å². The van der Waals surface area contributed by atoms with Crippen LogP contribution in [0.2, 0.25) is 0 Å². The van der Waals surface area contributed by atoms with Crippen LogP contribution in [-0.4, -0.2) is 25.6 Å². The van der Waals surface area contributed by atoms with E-state index in [0.717, 1.165) is 12.1 Å². The van der Waals surface area contributed by atoms with Crippen LogP contribution in [0.3, 0.4) is 0 Å². The smallest absolute Gasteiger partial charge is 0.416 e. The summed E-state index contributed by atoms with van der Waals surface area (Å²) in [5, 5.41) is 12.6. The van der Waals surface area contributed by atoms with Crippen LogP contribution in [0.1, 0.15) is 22.2 Å². The van der Waals surface area contributed by atoms with Crippen LogP contribution in [0.5, 0.6) is 0 Å². The van der Waals surface area contributed by atoms with Crippen molar-refractivity contribution in [2.75, 3.05) is 0 Å². The third-order valence-corrected chi connectivity index (χ3v) is 4.84. The summed E-state index contributed by atoms with van der Waals surface area (Å²) < 4.78 is 45.2. The Kier molecular flexibility index (Phi) is 6.10. The minimum Gasteiger partial charge on any atom is -0.460 e. The minimum atomic E-state index is -4.48. The lowest BCUT2D eigenvalue weighted by Gasteiger charge is -2.20. The molecule has 2 unspecified atom stereocenters. The van der Waals surface area contributed by atoms with Gasteiger partial charge < -0.3 is 14.4 Å². The van der Waals surface area contributed by atoms with Gasteiger partial charge in [0, 0.05) is 30.5 Å². The number of nitrogens with zero attached hydrogens (tertiary/aromatic N) is 3. The number of hydrogen-bond donors (Lipinski definition) is 1. The predicted octanol–water partition coefficient (Wildman–Crippen LogP) is 3.45. The van der Waals surface area contributed by atoms with Gasteiger partial charge in [0.25, 0.3) is 0 Å². The van der Waals surface area contributed by atoms with Crippen LogP contribution in [0.15, 0.2) is 54.6 Å². The number of esters is 1. The molecule has 6 nitrogen and oxygen atoms in total. The molecular formula is C18H16F3N3O3S. The van der Waals surface area contributed by atoms with E-state index < -0.39 is 29.7 Å². The SMILES string of the molecule is O=C(OCc1cccc(C(F)(F)F)c1)C(Cn1ccnc1)C(O)c1nccs1. The highest BCUT2D eigenvalue weighted by molar-refractivity contribution is 7.09. The number of carbonyl (C=O) groups excluding carboxylic acids is 1. The maximum absolute atomic E-state index is 12.8. The molecule has 28 heavy (non-hydrogen) atoms. The van der Waals surface area contributed by atoms with Gasteiger partial charge in [-0.2, -0.15) is 13.2 Å². The Morgan fingerprint density at radius 1 is 1.32 bits per heavy atom. The molecule has 2 atom stereocenters. The summed E-state index contributed by atoms with van der Waals surface area (Å²) in [6.07, 6.45) is 0.456. The van der Waals surface area contributed by atoms with E-state index in [-0.39, 0.29) is 18.7 Å². The fraction of sp³-hybridized carbons (Fsp3) is 0.278. The van der Waals surface area contributed by atoms with Gasteiger partial charge in [-0.05, 0) is 17.7 Å². The van der Waals surface area contributed by atoms with E-state index >= 15 is 0 Å². The summed E-state index contributed by atoms with van der Waals surface area (Å²) in [6, 6.07) is 4.55. The fourth-order valence-corrected chi connectivity index (χ4v) is 3.26. The third-order valence-electron chi connectivity index (χ3n) is 3.99. The van der Waals surface area contributed by atoms with Gasteiger partial charge in [0.1, 0.15) is 23.6 Å². The average Bonchev–Trinajstić information content (AvgIpc) is 3.37. The molecule has 2 aromatic heterocycles. The number of benzene rings is 1. The van der Waals surface area contributed by atoms with E-state index in [0.29, 0.717) is 5.01 Å². The van der Waals surface area contributed by atoms with Gasteiger partial charge in [-0.15, -0.1) is 11.3 Å². The summed E-state index contributed by atoms with van der Waals surface area (Å²) in [4.78, 5) is 20.5. The first-order valence-electron chi connectivity index (χ1n) is 8.20. The second-order valence-electron chi connectivity index (χ2n) is 5.99. The Morgan fingerprint density at radius 2 is 2.14 bits per heavy atom. The lowest BCUT2D eigenvalue weighted by atomic mass is 10.0. The summed E-state index contributed by atoms with van der Waals surface area (Å²) in [5.74, 6) is -1.74. The molecule has 1 N–H and O–H groups in total. The zero-order valence-corrected chi connectivity index (χ0v) is 15.2. The number of imidazole rings is 1. The van der Waals surface area contributed by atoms with E-state index in [9.17, 15) is 23.1 Å². The number of rotatable bonds is 7. The molecule has 2 heterocycles. The number of halogens is 3. The van der Waals surface area contributed by atoms with Gasteiger partial charge in [0.15, 0.2) is 0 Å². The van der Waals surface area contributed by atoms with Crippen molar-refractivity contribution in [1.82, 2.24) is 14.5 Å². The number of thiazole rings is 1. The maximum atomic E-state index is 12.8. The van der Waals surface area contributed by atoms with Gasteiger partial charge in [-0.1, -0.05) is 12.1 Å². The second-order valence-corrected chi connectivity index (χ2v) is 6.91. The van der Waals surface area contributed by atoms with E-state index in [1.165, 1.54) is 42.2 Å². The quantitative estimate of drug-likeness (QED) is 0.603. The zero-order valence-electron chi connectivity index (χ0n) is 14.4. The van der Waals surface area contributed by atoms with Gasteiger partial charge in [0.2, 0.25) is 0 Å². The Bertz CT molecular complexity index is 898. The van der Waals surface area contributed by atoms with Crippen LogP contribution in [-0.2, 0) is 28.9 Å². The Morgan fingerprint density at radius 3 is 2.79 bits per heavy atom. The highest BCUT2D eigenvalue weighted by atomic mass is 32.1. The molecule has 1 aromatic carbocycles. The molecule has 0 amide bonds. The van der Waals surface area contributed by atoms with Crippen molar-refractivity contribution in [1.29, 1.82) is 0 Å². The molecule has 0 spiro atoms. The van der Waals surface area contributed by atoms with Crippen LogP contribution >= 0.6 is 11.3 Å². The van der Waals surface area contributed by atoms with Crippen molar-refractivity contribution in [2.24, 2.45) is 5.92 Å². The Labute approximate surface area is 162 Å². The van der Waals surface area contributed by atoms with Crippen LogP contribution < -0.4 is 0 Å². The molecule has 0 aliphatic rings. The number of carbonyl (C=O) groups is 1. The average molecular weight is 411 g/mol. The van der Waals surface area contributed by atoms with Crippen LogP contribution in [0, 0.1) is 5.92 Å². The molecule has 0 radical (unpaired) electrons. The molecule has 10 heteroatoms. The molecule has 0 bridgehead atoms. The summed E-state index contributed by atoms with van der Waals surface area (Å²) in [6.45, 7) is -0.254. The van der Waals surface area contributed by atoms with Crippen molar-refractivity contribution < 1.29 is 27.8 Å². The molecule has 0 fully saturated rings. The van der Waals surface area contributed by atoms with Gasteiger partial charge in [-0.25, -0.2) is 9.97 Å². The van der Waals surface area contributed by atoms with E-state index in [4.69, 9.17) is 4.74 Å². The number of hydrogen-bond acceptors (Lipinski definition) is 6. The van der Waals surface area contributed by atoms with Crippen molar-refractivity contribution in [2.45, 2.75) is 25.4 Å². The largest absolute Gasteiger partial charge is 0.460 e. The maximum Gasteiger partial charge on any atom is 0.416 e. The molecule has 148 valence electrons. The summed E-state index contributed by atoms with van der Waals surface area (Å²) in [5.41, 5.74) is -0.618. The number of alkyl halides is 3. The number of aliphatic hydroxyl groups is 1. The molecule has 0 aliphatic heterocycles. The summed E-state index contributed by atoms with van der Waals surface area (Å²) >= 11 is 1.19. The summed E-state index contributed by atoms with van der Waals surface area (Å²) in [7, 11) is 0. The lowest BCUT2D eigenvalue weighted by molar-refractivity contribution is -0.155. The first-order chi connectivity index (χ1) is 13.3. The number of aromatic nitrogens is 3. The van der Waals surface area contributed by atoms with Gasteiger partial charge in [-0.3, -0.25) is 4.79 Å². The highest BCUT2D eigenvalue weighted by Crippen LogP contribution is 2.30. The standard InChI is InChI=1S/C18H16F3N3O3S/c19-18(20,21)13-3-1-2-12(8-13)10-27-17(26)14(9-24-6-4-22-11-24)15(25)16-23-5-7-28-16/h1-8,11,14-15,25H,9-10H2. The van der Waals surface area contributed by atoms with Gasteiger partial charge >= 0.3 is 12.1 Å². The Hall–Kier alpha value is -2.72. The van der Waals surface area contributed by atoms with Crippen LogP contribution in [0.4, 0.5) is 13.2 Å². The zero-order chi connectivity index (χ0) is 20.1. The fourth-order valence-electron chi connectivity index (χ4n) is 2.58. The topological polar surface area (TPSA) is 77.2 Å². The molecule has 3 rings (SSSR count). The van der Waals surface area contributed by atoms with E-state index in [1.54, 1.807) is 16.1 Å². The molecule has 0 aliphatic carbocycles. The molecular weight excluding hydrogens is 395 g/mol. The normalized spacial score (nSPS) is 13.9. The minimum absolute atomic E-state index is 0.0855. The molecule has 0 saturated carbocycles. The first kappa shape index (κ1) is 20.0. The molecule has 3 aromatic rings. The van der Waals surface area contributed by atoms with Gasteiger partial charge in [0.05, 0.1) is 11.9 Å². The monoisotopic (exact) mass is 411 g/mol.